The average molecular weight is 499 g/mol. The maximum atomic E-state index is 12.7. The number of hydrogen-bond donors (Lipinski definition) is 0. The lowest BCUT2D eigenvalue weighted by atomic mass is 9.93. The maximum absolute atomic E-state index is 12.7. The van der Waals surface area contributed by atoms with Crippen LogP contribution in [-0.2, 0) is 4.74 Å². The number of rotatable bonds is 11. The van der Waals surface area contributed by atoms with Crippen molar-refractivity contribution in [3.8, 4) is 5.75 Å². The zero-order chi connectivity index (χ0) is 26.4. The Kier molecular flexibility index (Phi) is 8.54. The maximum Gasteiger partial charge on any atom is 0.339 e. The fourth-order valence-electron chi connectivity index (χ4n) is 4.97. The monoisotopic (exact) mass is 498 g/mol. The van der Waals surface area contributed by atoms with Crippen molar-refractivity contribution in [3.05, 3.63) is 95.1 Å². The predicted molar refractivity (Wildman–Crippen MR) is 153 cm³/mol. The summed E-state index contributed by atoms with van der Waals surface area (Å²) in [4.78, 5) is 17.4. The normalized spacial score (nSPS) is 14.1. The van der Waals surface area contributed by atoms with Crippen LogP contribution in [0.4, 0.5) is 11.4 Å². The van der Waals surface area contributed by atoms with Crippen molar-refractivity contribution in [1.29, 1.82) is 0 Å². The fourth-order valence-corrected chi connectivity index (χ4v) is 4.97. The van der Waals surface area contributed by atoms with Crippen LogP contribution >= 0.6 is 0 Å². The van der Waals surface area contributed by atoms with Crippen molar-refractivity contribution in [2.45, 2.75) is 40.7 Å². The van der Waals surface area contributed by atoms with E-state index in [4.69, 9.17) is 9.47 Å². The van der Waals surface area contributed by atoms with Crippen LogP contribution in [0.3, 0.4) is 0 Å². The molecule has 1 aliphatic heterocycles. The number of ether oxygens (including phenoxy) is 2. The largest absolute Gasteiger partial charge is 0.494 e. The topological polar surface area (TPSA) is 42.0 Å². The number of carbonyl (C=O) groups is 1. The Morgan fingerprint density at radius 2 is 1.30 bits per heavy atom. The second-order valence-electron chi connectivity index (χ2n) is 9.03. The smallest absolute Gasteiger partial charge is 0.339 e. The highest BCUT2D eigenvalue weighted by Gasteiger charge is 2.30. The average Bonchev–Trinajstić information content (AvgIpc) is 3.24. The Bertz CT molecular complexity index is 1170. The molecule has 194 valence electrons. The quantitative estimate of drug-likeness (QED) is 0.263. The Morgan fingerprint density at radius 1 is 0.784 bits per heavy atom. The van der Waals surface area contributed by atoms with Gasteiger partial charge in [0.15, 0.2) is 0 Å². The molecule has 37 heavy (non-hydrogen) atoms. The number of nitrogens with zero attached hydrogens (tertiary/aromatic N) is 2. The van der Waals surface area contributed by atoms with Crippen LogP contribution in [0.2, 0.25) is 0 Å². The zero-order valence-electron chi connectivity index (χ0n) is 22.7. The molecule has 3 aromatic carbocycles. The highest BCUT2D eigenvalue weighted by molar-refractivity contribution is 5.95. The number of anilines is 2. The molecule has 1 aliphatic rings. The molecule has 5 nitrogen and oxygen atoms in total. The molecule has 0 aliphatic carbocycles. The van der Waals surface area contributed by atoms with Crippen LogP contribution in [0.15, 0.2) is 72.8 Å². The van der Waals surface area contributed by atoms with Gasteiger partial charge in [-0.15, -0.1) is 0 Å². The van der Waals surface area contributed by atoms with E-state index in [0.717, 1.165) is 48.4 Å². The Balaban J connectivity index is 1.76. The summed E-state index contributed by atoms with van der Waals surface area (Å²) in [5.74, 6) is 0.368. The molecule has 0 saturated carbocycles. The minimum absolute atomic E-state index is 0.314. The first kappa shape index (κ1) is 26.3. The van der Waals surface area contributed by atoms with Gasteiger partial charge in [0, 0.05) is 43.1 Å². The van der Waals surface area contributed by atoms with Gasteiger partial charge in [-0.25, -0.2) is 4.79 Å². The molecule has 1 unspecified atom stereocenters. The van der Waals surface area contributed by atoms with Gasteiger partial charge >= 0.3 is 5.97 Å². The molecule has 0 fully saturated rings. The summed E-state index contributed by atoms with van der Waals surface area (Å²) in [6.07, 6.45) is 1.61. The molecule has 1 atom stereocenters. The van der Waals surface area contributed by atoms with Gasteiger partial charge in [-0.2, -0.15) is 0 Å². The highest BCUT2D eigenvalue weighted by Crippen LogP contribution is 2.38. The third kappa shape index (κ3) is 5.66. The fraction of sp³-hybridized carbons (Fsp3) is 0.344. The Morgan fingerprint density at radius 3 is 1.76 bits per heavy atom. The van der Waals surface area contributed by atoms with Gasteiger partial charge in [-0.1, -0.05) is 30.3 Å². The summed E-state index contributed by atoms with van der Waals surface area (Å²) >= 11 is 0. The third-order valence-corrected chi connectivity index (χ3v) is 7.03. The predicted octanol–water partition coefficient (Wildman–Crippen LogP) is 7.12. The third-order valence-electron chi connectivity index (χ3n) is 7.03. The van der Waals surface area contributed by atoms with Gasteiger partial charge < -0.3 is 19.3 Å². The molecule has 0 N–H and O–H groups in total. The van der Waals surface area contributed by atoms with E-state index in [1.54, 1.807) is 6.07 Å². The van der Waals surface area contributed by atoms with Crippen LogP contribution in [0.5, 0.6) is 5.75 Å². The van der Waals surface area contributed by atoms with E-state index < -0.39 is 6.10 Å². The number of fused-ring (bicyclic) bond motifs is 1. The SMILES string of the molecule is CCOc1ccc2c(c1)C(=O)OC2C=C(c1ccc(N(CC)CC)cc1)c1ccc(N(CC)CC)cc1. The minimum atomic E-state index is -0.460. The Labute approximate surface area is 221 Å². The van der Waals surface area contributed by atoms with Crippen molar-refractivity contribution in [1.82, 2.24) is 0 Å². The highest BCUT2D eigenvalue weighted by atomic mass is 16.5. The standard InChI is InChI=1S/C32H38N2O3/c1-6-33(7-2)25-15-11-23(12-16-25)29(24-13-17-26(18-14-24)34(8-3)9-4)22-31-28-20-19-27(36-10-5)21-30(28)32(35)37-31/h11-22,31H,6-10H2,1-5H3. The van der Waals surface area contributed by atoms with Crippen molar-refractivity contribution in [2.24, 2.45) is 0 Å². The van der Waals surface area contributed by atoms with Crippen molar-refractivity contribution >= 4 is 22.9 Å². The number of carbonyl (C=O) groups excluding carboxylic acids is 1. The molecule has 0 radical (unpaired) electrons. The van der Waals surface area contributed by atoms with E-state index in [1.165, 1.54) is 11.4 Å². The van der Waals surface area contributed by atoms with Gasteiger partial charge in [0.05, 0.1) is 12.2 Å². The van der Waals surface area contributed by atoms with Gasteiger partial charge in [0.2, 0.25) is 0 Å². The summed E-state index contributed by atoms with van der Waals surface area (Å²) < 4.78 is 11.4. The molecular weight excluding hydrogens is 460 g/mol. The van der Waals surface area contributed by atoms with E-state index >= 15 is 0 Å². The Hall–Kier alpha value is -3.73. The first-order chi connectivity index (χ1) is 18.0. The van der Waals surface area contributed by atoms with Crippen LogP contribution in [0.25, 0.3) is 5.57 Å². The van der Waals surface area contributed by atoms with Gasteiger partial charge in [0.25, 0.3) is 0 Å². The van der Waals surface area contributed by atoms with Crippen molar-refractivity contribution in [3.63, 3.8) is 0 Å². The molecule has 1 heterocycles. The molecular formula is C32H38N2O3. The van der Waals surface area contributed by atoms with E-state index in [2.05, 4.69) is 92.1 Å². The number of esters is 1. The van der Waals surface area contributed by atoms with Crippen LogP contribution in [0, 0.1) is 0 Å². The first-order valence-corrected chi connectivity index (χ1v) is 13.4. The van der Waals surface area contributed by atoms with Crippen LogP contribution in [-0.4, -0.2) is 38.8 Å². The molecule has 0 spiro atoms. The molecule has 0 bridgehead atoms. The summed E-state index contributed by atoms with van der Waals surface area (Å²) in [6.45, 7) is 15.0. The molecule has 0 aromatic heterocycles. The van der Waals surface area contributed by atoms with Gasteiger partial charge in [0.1, 0.15) is 11.9 Å². The number of benzene rings is 3. The lowest BCUT2D eigenvalue weighted by Crippen LogP contribution is -2.21. The second kappa shape index (κ2) is 12.0. The van der Waals surface area contributed by atoms with E-state index in [-0.39, 0.29) is 5.97 Å². The zero-order valence-corrected chi connectivity index (χ0v) is 22.7. The van der Waals surface area contributed by atoms with Crippen LogP contribution < -0.4 is 14.5 Å². The lowest BCUT2D eigenvalue weighted by Gasteiger charge is -2.22. The molecule has 3 aromatic rings. The number of hydrogen-bond acceptors (Lipinski definition) is 5. The molecule has 5 heteroatoms. The second-order valence-corrected chi connectivity index (χ2v) is 9.03. The van der Waals surface area contributed by atoms with Crippen LogP contribution in [0.1, 0.15) is 67.8 Å². The van der Waals surface area contributed by atoms with E-state index in [0.29, 0.717) is 17.9 Å². The van der Waals surface area contributed by atoms with Gasteiger partial charge in [-0.3, -0.25) is 0 Å². The summed E-state index contributed by atoms with van der Waals surface area (Å²) in [6, 6.07) is 23.0. The molecule has 0 saturated heterocycles. The molecule has 0 amide bonds. The summed E-state index contributed by atoms with van der Waals surface area (Å²) in [7, 11) is 0. The first-order valence-electron chi connectivity index (χ1n) is 13.4. The van der Waals surface area contributed by atoms with E-state index in [9.17, 15) is 4.79 Å². The van der Waals surface area contributed by atoms with Crippen molar-refractivity contribution < 1.29 is 14.3 Å². The summed E-state index contributed by atoms with van der Waals surface area (Å²) in [5.41, 5.74) is 7.04. The van der Waals surface area contributed by atoms with Crippen molar-refractivity contribution in [2.75, 3.05) is 42.6 Å². The summed E-state index contributed by atoms with van der Waals surface area (Å²) in [5, 5.41) is 0. The van der Waals surface area contributed by atoms with E-state index in [1.807, 2.05) is 19.1 Å². The molecule has 4 rings (SSSR count). The number of cyclic esters (lactones) is 1. The van der Waals surface area contributed by atoms with Gasteiger partial charge in [-0.05, 0) is 93.8 Å². The minimum Gasteiger partial charge on any atom is -0.494 e. The lowest BCUT2D eigenvalue weighted by molar-refractivity contribution is 0.0468.